The molecule has 100 valence electrons. The lowest BCUT2D eigenvalue weighted by molar-refractivity contribution is 0.422. The maximum Gasteiger partial charge on any atom is 0.204 e. The molecular weight excluding hydrogens is 252 g/mol. The first kappa shape index (κ1) is 11.4. The lowest BCUT2D eigenvalue weighted by Crippen LogP contribution is -2.02. The molecule has 1 unspecified atom stereocenters. The Labute approximate surface area is 116 Å². The smallest absolute Gasteiger partial charge is 0.204 e. The van der Waals surface area contributed by atoms with Crippen LogP contribution in [-0.4, -0.2) is 19.9 Å². The standard InChI is InChI=1S/C15H14N4O/c1-10-7-13(20-18-10)15-17-16-14-8-12(9-19(14)15)11-5-3-2-4-6-11/h2-7,12H,8-9H2,1H3. The third-order valence-corrected chi connectivity index (χ3v) is 3.78. The molecule has 1 aliphatic heterocycles. The number of hydrogen-bond acceptors (Lipinski definition) is 4. The van der Waals surface area contributed by atoms with Crippen molar-refractivity contribution in [1.82, 2.24) is 19.9 Å². The van der Waals surface area contributed by atoms with Crippen LogP contribution in [0.5, 0.6) is 0 Å². The van der Waals surface area contributed by atoms with Crippen molar-refractivity contribution in [3.63, 3.8) is 0 Å². The number of nitrogens with zero attached hydrogens (tertiary/aromatic N) is 4. The Morgan fingerprint density at radius 1 is 1.20 bits per heavy atom. The Morgan fingerprint density at radius 2 is 2.05 bits per heavy atom. The third-order valence-electron chi connectivity index (χ3n) is 3.78. The van der Waals surface area contributed by atoms with Gasteiger partial charge in [-0.15, -0.1) is 10.2 Å². The summed E-state index contributed by atoms with van der Waals surface area (Å²) in [6, 6.07) is 12.4. The van der Waals surface area contributed by atoms with Crippen LogP contribution in [0.25, 0.3) is 11.6 Å². The van der Waals surface area contributed by atoms with E-state index in [1.165, 1.54) is 5.56 Å². The van der Waals surface area contributed by atoms with Gasteiger partial charge >= 0.3 is 0 Å². The van der Waals surface area contributed by atoms with E-state index < -0.39 is 0 Å². The average Bonchev–Trinajstić information content (AvgIpc) is 3.14. The summed E-state index contributed by atoms with van der Waals surface area (Å²) in [7, 11) is 0. The van der Waals surface area contributed by atoms with Crippen molar-refractivity contribution in [2.24, 2.45) is 0 Å². The fraction of sp³-hybridized carbons (Fsp3) is 0.267. The minimum absolute atomic E-state index is 0.462. The van der Waals surface area contributed by atoms with Crippen molar-refractivity contribution in [2.75, 3.05) is 0 Å². The van der Waals surface area contributed by atoms with Crippen molar-refractivity contribution >= 4 is 0 Å². The molecule has 0 saturated heterocycles. The van der Waals surface area contributed by atoms with Crippen LogP contribution in [0.3, 0.4) is 0 Å². The minimum Gasteiger partial charge on any atom is -0.353 e. The number of rotatable bonds is 2. The van der Waals surface area contributed by atoms with E-state index in [-0.39, 0.29) is 0 Å². The Bertz CT molecular complexity index is 744. The van der Waals surface area contributed by atoms with E-state index in [0.717, 1.165) is 30.3 Å². The van der Waals surface area contributed by atoms with Gasteiger partial charge in [0.1, 0.15) is 5.82 Å². The lowest BCUT2D eigenvalue weighted by Gasteiger charge is -2.08. The lowest BCUT2D eigenvalue weighted by atomic mass is 9.98. The van der Waals surface area contributed by atoms with Crippen LogP contribution in [0.1, 0.15) is 23.0 Å². The Kier molecular flexibility index (Phi) is 2.45. The van der Waals surface area contributed by atoms with Gasteiger partial charge in [-0.25, -0.2) is 0 Å². The van der Waals surface area contributed by atoms with E-state index in [1.54, 1.807) is 0 Å². The summed E-state index contributed by atoms with van der Waals surface area (Å²) in [6.07, 6.45) is 0.921. The summed E-state index contributed by atoms with van der Waals surface area (Å²) in [6.45, 7) is 2.79. The molecule has 0 aliphatic carbocycles. The van der Waals surface area contributed by atoms with Gasteiger partial charge in [0, 0.05) is 24.9 Å². The number of aryl methyl sites for hydroxylation is 1. The van der Waals surface area contributed by atoms with E-state index in [4.69, 9.17) is 4.52 Å². The zero-order valence-corrected chi connectivity index (χ0v) is 11.2. The summed E-state index contributed by atoms with van der Waals surface area (Å²) >= 11 is 0. The number of benzene rings is 1. The molecular formula is C15H14N4O. The quantitative estimate of drug-likeness (QED) is 0.715. The van der Waals surface area contributed by atoms with Crippen LogP contribution in [0.4, 0.5) is 0 Å². The molecule has 1 aromatic carbocycles. The zero-order valence-electron chi connectivity index (χ0n) is 11.2. The van der Waals surface area contributed by atoms with E-state index in [2.05, 4.69) is 44.2 Å². The summed E-state index contributed by atoms with van der Waals surface area (Å²) in [5, 5.41) is 12.4. The highest BCUT2D eigenvalue weighted by Crippen LogP contribution is 2.32. The van der Waals surface area contributed by atoms with Crippen molar-refractivity contribution < 1.29 is 4.52 Å². The van der Waals surface area contributed by atoms with E-state index in [1.807, 2.05) is 19.1 Å². The molecule has 2 aromatic heterocycles. The molecule has 3 aromatic rings. The zero-order chi connectivity index (χ0) is 13.5. The van der Waals surface area contributed by atoms with Gasteiger partial charge in [-0.05, 0) is 12.5 Å². The van der Waals surface area contributed by atoms with Crippen LogP contribution in [-0.2, 0) is 13.0 Å². The SMILES string of the molecule is Cc1cc(-c2nnc3n2CC(c2ccccc2)C3)on1. The molecule has 4 rings (SSSR count). The van der Waals surface area contributed by atoms with E-state index >= 15 is 0 Å². The van der Waals surface area contributed by atoms with Gasteiger partial charge < -0.3 is 9.09 Å². The van der Waals surface area contributed by atoms with Gasteiger partial charge in [0.05, 0.1) is 5.69 Å². The summed E-state index contributed by atoms with van der Waals surface area (Å²) in [5.74, 6) is 2.95. The van der Waals surface area contributed by atoms with E-state index in [0.29, 0.717) is 11.7 Å². The van der Waals surface area contributed by atoms with Crippen molar-refractivity contribution in [3.8, 4) is 11.6 Å². The van der Waals surface area contributed by atoms with Gasteiger partial charge in [-0.1, -0.05) is 35.5 Å². The molecule has 0 fully saturated rings. The molecule has 20 heavy (non-hydrogen) atoms. The fourth-order valence-electron chi connectivity index (χ4n) is 2.78. The highest BCUT2D eigenvalue weighted by atomic mass is 16.5. The predicted octanol–water partition coefficient (Wildman–Crippen LogP) is 2.58. The van der Waals surface area contributed by atoms with Crippen molar-refractivity contribution in [2.45, 2.75) is 25.8 Å². The van der Waals surface area contributed by atoms with Crippen LogP contribution in [0, 0.1) is 6.92 Å². The molecule has 5 nitrogen and oxygen atoms in total. The summed E-state index contributed by atoms with van der Waals surface area (Å²) in [4.78, 5) is 0. The molecule has 0 spiro atoms. The fourth-order valence-corrected chi connectivity index (χ4v) is 2.78. The van der Waals surface area contributed by atoms with Crippen LogP contribution in [0.2, 0.25) is 0 Å². The highest BCUT2D eigenvalue weighted by molar-refractivity contribution is 5.48. The molecule has 1 atom stereocenters. The molecule has 0 amide bonds. The Hall–Kier alpha value is -2.43. The first-order valence-electron chi connectivity index (χ1n) is 6.72. The molecule has 0 N–H and O–H groups in total. The normalized spacial score (nSPS) is 17.4. The number of hydrogen-bond donors (Lipinski definition) is 0. The van der Waals surface area contributed by atoms with Crippen molar-refractivity contribution in [3.05, 3.63) is 53.5 Å². The summed E-state index contributed by atoms with van der Waals surface area (Å²) < 4.78 is 7.44. The number of aromatic nitrogens is 4. The van der Waals surface area contributed by atoms with Gasteiger partial charge in [0.2, 0.25) is 11.6 Å². The largest absolute Gasteiger partial charge is 0.353 e. The molecule has 0 saturated carbocycles. The van der Waals surface area contributed by atoms with E-state index in [9.17, 15) is 0 Å². The maximum atomic E-state index is 5.30. The van der Waals surface area contributed by atoms with Gasteiger partial charge in [-0.2, -0.15) is 0 Å². The Morgan fingerprint density at radius 3 is 2.80 bits per heavy atom. The second-order valence-electron chi connectivity index (χ2n) is 5.19. The average molecular weight is 266 g/mol. The molecule has 5 heteroatoms. The van der Waals surface area contributed by atoms with Gasteiger partial charge in [0.15, 0.2) is 0 Å². The minimum atomic E-state index is 0.462. The Balaban J connectivity index is 1.68. The molecule has 0 bridgehead atoms. The first-order chi connectivity index (χ1) is 9.81. The van der Waals surface area contributed by atoms with Crippen LogP contribution >= 0.6 is 0 Å². The first-order valence-corrected chi connectivity index (χ1v) is 6.72. The number of fused-ring (bicyclic) bond motifs is 1. The molecule has 0 radical (unpaired) electrons. The second-order valence-corrected chi connectivity index (χ2v) is 5.19. The third kappa shape index (κ3) is 1.74. The van der Waals surface area contributed by atoms with Crippen molar-refractivity contribution in [1.29, 1.82) is 0 Å². The van der Waals surface area contributed by atoms with Gasteiger partial charge in [0.25, 0.3) is 0 Å². The topological polar surface area (TPSA) is 56.7 Å². The molecule has 1 aliphatic rings. The van der Waals surface area contributed by atoms with Gasteiger partial charge in [-0.3, -0.25) is 0 Å². The van der Waals surface area contributed by atoms with Crippen LogP contribution in [0.15, 0.2) is 40.9 Å². The predicted molar refractivity (Wildman–Crippen MR) is 73.1 cm³/mol. The summed E-state index contributed by atoms with van der Waals surface area (Å²) in [5.41, 5.74) is 2.20. The second kappa shape index (κ2) is 4.30. The molecule has 3 heterocycles. The monoisotopic (exact) mass is 266 g/mol. The highest BCUT2D eigenvalue weighted by Gasteiger charge is 2.28. The van der Waals surface area contributed by atoms with Crippen LogP contribution < -0.4 is 0 Å². The maximum absolute atomic E-state index is 5.30.